The van der Waals surface area contributed by atoms with E-state index in [1.54, 1.807) is 31.4 Å². The molecule has 0 saturated heterocycles. The number of aryl methyl sites for hydroxylation is 1. The summed E-state index contributed by atoms with van der Waals surface area (Å²) in [6.07, 6.45) is 1.43. The first-order valence-corrected chi connectivity index (χ1v) is 8.33. The fourth-order valence-electron chi connectivity index (χ4n) is 2.47. The van der Waals surface area contributed by atoms with Crippen molar-refractivity contribution in [3.8, 4) is 23.1 Å². The molecule has 3 aromatic rings. The Balaban J connectivity index is 1.77. The van der Waals surface area contributed by atoms with Crippen molar-refractivity contribution in [2.75, 3.05) is 12.4 Å². The van der Waals surface area contributed by atoms with Crippen LogP contribution in [0.15, 0.2) is 70.7 Å². The van der Waals surface area contributed by atoms with Crippen molar-refractivity contribution >= 4 is 17.7 Å². The molecule has 2 aromatic carbocycles. The molecule has 1 amide bonds. The van der Waals surface area contributed by atoms with Gasteiger partial charge in [0.05, 0.1) is 7.11 Å². The lowest BCUT2D eigenvalue weighted by atomic mass is 10.2. The minimum absolute atomic E-state index is 0.0359. The number of hydrogen-bond acceptors (Lipinski definition) is 4. The van der Waals surface area contributed by atoms with Crippen LogP contribution in [0.2, 0.25) is 0 Å². The Bertz CT molecular complexity index is 1010. The van der Waals surface area contributed by atoms with Crippen molar-refractivity contribution in [3.05, 3.63) is 77.6 Å². The van der Waals surface area contributed by atoms with Crippen LogP contribution in [-0.2, 0) is 4.79 Å². The zero-order valence-electron chi connectivity index (χ0n) is 15.0. The van der Waals surface area contributed by atoms with E-state index < -0.39 is 5.91 Å². The molecular formula is C22H18N2O3. The van der Waals surface area contributed by atoms with Gasteiger partial charge in [-0.25, -0.2) is 0 Å². The molecule has 1 heterocycles. The van der Waals surface area contributed by atoms with E-state index >= 15 is 0 Å². The summed E-state index contributed by atoms with van der Waals surface area (Å²) >= 11 is 0. The normalized spacial score (nSPS) is 10.9. The Morgan fingerprint density at radius 3 is 2.41 bits per heavy atom. The zero-order valence-corrected chi connectivity index (χ0v) is 15.0. The number of carbonyl (C=O) groups excluding carboxylic acids is 1. The van der Waals surface area contributed by atoms with Crippen LogP contribution in [0.5, 0.6) is 5.75 Å². The molecule has 0 spiro atoms. The van der Waals surface area contributed by atoms with Gasteiger partial charge in [0, 0.05) is 17.3 Å². The summed E-state index contributed by atoms with van der Waals surface area (Å²) in [5, 5.41) is 12.0. The zero-order chi connectivity index (χ0) is 19.2. The molecule has 0 saturated carbocycles. The smallest absolute Gasteiger partial charge is 0.266 e. The average molecular weight is 358 g/mol. The van der Waals surface area contributed by atoms with Gasteiger partial charge in [-0.05, 0) is 55.5 Å². The molecule has 0 atom stereocenters. The van der Waals surface area contributed by atoms with E-state index in [0.717, 1.165) is 16.9 Å². The van der Waals surface area contributed by atoms with Crippen molar-refractivity contribution in [1.82, 2.24) is 0 Å². The number of nitriles is 1. The second-order valence-corrected chi connectivity index (χ2v) is 5.92. The molecule has 1 N–H and O–H groups in total. The predicted molar refractivity (Wildman–Crippen MR) is 104 cm³/mol. The van der Waals surface area contributed by atoms with E-state index in [9.17, 15) is 10.1 Å². The van der Waals surface area contributed by atoms with E-state index in [2.05, 4.69) is 5.32 Å². The maximum atomic E-state index is 12.3. The molecule has 3 rings (SSSR count). The predicted octanol–water partition coefficient (Wildman–Crippen LogP) is 4.81. The third-order valence-electron chi connectivity index (χ3n) is 3.96. The lowest BCUT2D eigenvalue weighted by Crippen LogP contribution is -2.13. The lowest BCUT2D eigenvalue weighted by Gasteiger charge is -2.04. The number of amides is 1. The molecule has 0 aliphatic heterocycles. The topological polar surface area (TPSA) is 75.3 Å². The summed E-state index contributed by atoms with van der Waals surface area (Å²) in [5.41, 5.74) is 2.56. The molecule has 0 aliphatic carbocycles. The quantitative estimate of drug-likeness (QED) is 0.525. The Morgan fingerprint density at radius 2 is 1.78 bits per heavy atom. The molecule has 27 heavy (non-hydrogen) atoms. The largest absolute Gasteiger partial charge is 0.497 e. The van der Waals surface area contributed by atoms with Gasteiger partial charge in [-0.1, -0.05) is 17.7 Å². The molecule has 0 unspecified atom stereocenters. The van der Waals surface area contributed by atoms with Crippen molar-refractivity contribution in [1.29, 1.82) is 5.26 Å². The Hall–Kier alpha value is -3.78. The molecule has 0 bridgehead atoms. The minimum Gasteiger partial charge on any atom is -0.497 e. The van der Waals surface area contributed by atoms with Crippen LogP contribution in [-0.4, -0.2) is 13.0 Å². The number of rotatable bonds is 5. The highest BCUT2D eigenvalue weighted by Crippen LogP contribution is 2.25. The Labute approximate surface area is 157 Å². The summed E-state index contributed by atoms with van der Waals surface area (Å²) < 4.78 is 10.9. The lowest BCUT2D eigenvalue weighted by molar-refractivity contribution is -0.112. The van der Waals surface area contributed by atoms with Gasteiger partial charge < -0.3 is 14.5 Å². The molecule has 5 nitrogen and oxygen atoms in total. The van der Waals surface area contributed by atoms with Crippen LogP contribution in [0, 0.1) is 18.3 Å². The molecule has 0 fully saturated rings. The molecule has 5 heteroatoms. The van der Waals surface area contributed by atoms with E-state index in [4.69, 9.17) is 9.15 Å². The number of hydrogen-bond donors (Lipinski definition) is 1. The number of methoxy groups -OCH3 is 1. The number of anilines is 1. The van der Waals surface area contributed by atoms with E-state index in [1.165, 1.54) is 6.08 Å². The van der Waals surface area contributed by atoms with Crippen LogP contribution in [0.25, 0.3) is 17.4 Å². The van der Waals surface area contributed by atoms with Crippen LogP contribution in [0.4, 0.5) is 5.69 Å². The van der Waals surface area contributed by atoms with Gasteiger partial charge in [0.2, 0.25) is 0 Å². The van der Waals surface area contributed by atoms with E-state index in [-0.39, 0.29) is 5.57 Å². The van der Waals surface area contributed by atoms with Crippen LogP contribution >= 0.6 is 0 Å². The number of nitrogens with zero attached hydrogens (tertiary/aromatic N) is 1. The second-order valence-electron chi connectivity index (χ2n) is 5.92. The maximum absolute atomic E-state index is 12.3. The fraction of sp³-hybridized carbons (Fsp3) is 0.0909. The van der Waals surface area contributed by atoms with Crippen molar-refractivity contribution < 1.29 is 13.9 Å². The van der Waals surface area contributed by atoms with Crippen LogP contribution < -0.4 is 10.1 Å². The molecule has 1 aromatic heterocycles. The monoisotopic (exact) mass is 358 g/mol. The third kappa shape index (κ3) is 4.44. The van der Waals surface area contributed by atoms with Gasteiger partial charge in [-0.15, -0.1) is 0 Å². The number of benzene rings is 2. The van der Waals surface area contributed by atoms with Crippen molar-refractivity contribution in [2.45, 2.75) is 6.92 Å². The number of ether oxygens (including phenoxy) is 1. The Kier molecular flexibility index (Phi) is 5.38. The first-order valence-electron chi connectivity index (χ1n) is 8.33. The van der Waals surface area contributed by atoms with Crippen LogP contribution in [0.3, 0.4) is 0 Å². The van der Waals surface area contributed by atoms with Gasteiger partial charge in [0.1, 0.15) is 28.9 Å². The fourth-order valence-corrected chi connectivity index (χ4v) is 2.47. The highest BCUT2D eigenvalue weighted by Gasteiger charge is 2.11. The standard InChI is InChI=1S/C22H18N2O3/c1-15-3-7-18(8-4-15)24-22(25)17(14-23)13-20-11-12-21(27-20)16-5-9-19(26-2)10-6-16/h3-13H,1-2H3,(H,24,25)/b17-13+. The summed E-state index contributed by atoms with van der Waals surface area (Å²) in [5.74, 6) is 1.34. The van der Waals surface area contributed by atoms with E-state index in [1.807, 2.05) is 49.4 Å². The van der Waals surface area contributed by atoms with Crippen LogP contribution in [0.1, 0.15) is 11.3 Å². The average Bonchev–Trinajstić information content (AvgIpc) is 3.16. The molecule has 0 aliphatic rings. The molecule has 134 valence electrons. The highest BCUT2D eigenvalue weighted by atomic mass is 16.5. The number of nitrogens with one attached hydrogen (secondary N) is 1. The van der Waals surface area contributed by atoms with Crippen molar-refractivity contribution in [2.24, 2.45) is 0 Å². The Morgan fingerprint density at radius 1 is 1.07 bits per heavy atom. The first kappa shape index (κ1) is 18.0. The summed E-state index contributed by atoms with van der Waals surface area (Å²) in [7, 11) is 1.61. The summed E-state index contributed by atoms with van der Waals surface area (Å²) in [6.45, 7) is 1.96. The van der Waals surface area contributed by atoms with Gasteiger partial charge in [-0.3, -0.25) is 4.79 Å². The third-order valence-corrected chi connectivity index (χ3v) is 3.96. The second kappa shape index (κ2) is 8.07. The minimum atomic E-state index is -0.483. The summed E-state index contributed by atoms with van der Waals surface area (Å²) in [4.78, 5) is 12.3. The SMILES string of the molecule is COc1ccc(-c2ccc(/C=C(\C#N)C(=O)Nc3ccc(C)cc3)o2)cc1. The van der Waals surface area contributed by atoms with Gasteiger partial charge in [0.15, 0.2) is 0 Å². The van der Waals surface area contributed by atoms with Crippen molar-refractivity contribution in [3.63, 3.8) is 0 Å². The highest BCUT2D eigenvalue weighted by molar-refractivity contribution is 6.09. The molecular weight excluding hydrogens is 340 g/mol. The van der Waals surface area contributed by atoms with Gasteiger partial charge in [-0.2, -0.15) is 5.26 Å². The number of furan rings is 1. The van der Waals surface area contributed by atoms with Gasteiger partial charge >= 0.3 is 0 Å². The number of carbonyl (C=O) groups is 1. The van der Waals surface area contributed by atoms with Gasteiger partial charge in [0.25, 0.3) is 5.91 Å². The van der Waals surface area contributed by atoms with E-state index in [0.29, 0.717) is 17.2 Å². The maximum Gasteiger partial charge on any atom is 0.266 e. The molecule has 0 radical (unpaired) electrons. The summed E-state index contributed by atoms with van der Waals surface area (Å²) in [6, 6.07) is 20.2. The first-order chi connectivity index (χ1) is 13.1.